The normalized spacial score (nSPS) is 36.9. The first-order valence-electron chi connectivity index (χ1n) is 3.91. The number of rotatable bonds is 1. The zero-order valence-electron chi connectivity index (χ0n) is 6.44. The standard InChI is InChI=1S/C5H15BOSi2/c8-5(6-9)3-1-2-4-7-5/h6H,1-4H2,8-9H3. The van der Waals surface area contributed by atoms with E-state index in [1.165, 1.54) is 46.5 Å². The van der Waals surface area contributed by atoms with Crippen LogP contribution in [0.25, 0.3) is 0 Å². The Balaban J connectivity index is 2.37. The first-order chi connectivity index (χ1) is 4.27. The van der Waals surface area contributed by atoms with Gasteiger partial charge in [-0.05, 0) is 29.4 Å². The van der Waals surface area contributed by atoms with Gasteiger partial charge in [0.1, 0.15) is 6.87 Å². The quantitative estimate of drug-likeness (QED) is 0.398. The van der Waals surface area contributed by atoms with Gasteiger partial charge in [-0.1, -0.05) is 0 Å². The Kier molecular flexibility index (Phi) is 2.55. The first-order valence-corrected chi connectivity index (χ1v) is 6.32. The van der Waals surface area contributed by atoms with E-state index in [9.17, 15) is 0 Å². The largest absolute Gasteiger partial charge is 0.388 e. The predicted molar refractivity (Wildman–Crippen MR) is 49.6 cm³/mol. The van der Waals surface area contributed by atoms with Crippen LogP contribution in [0.1, 0.15) is 19.3 Å². The molecule has 1 rings (SSSR count). The molecular weight excluding hydrogens is 143 g/mol. The molecule has 0 bridgehead atoms. The minimum absolute atomic E-state index is 0.421. The van der Waals surface area contributed by atoms with E-state index in [1.54, 1.807) is 0 Å². The van der Waals surface area contributed by atoms with Gasteiger partial charge in [-0.3, -0.25) is 0 Å². The van der Waals surface area contributed by atoms with Gasteiger partial charge in [0.2, 0.25) is 0 Å². The van der Waals surface area contributed by atoms with Gasteiger partial charge in [-0.15, -0.1) is 0 Å². The molecule has 9 heavy (non-hydrogen) atoms. The topological polar surface area (TPSA) is 9.23 Å². The maximum Gasteiger partial charge on any atom is 0.140 e. The van der Waals surface area contributed by atoms with Crippen molar-refractivity contribution in [3.63, 3.8) is 0 Å². The summed E-state index contributed by atoms with van der Waals surface area (Å²) in [6.45, 7) is 2.39. The van der Waals surface area contributed by atoms with Crippen LogP contribution >= 0.6 is 0 Å². The van der Waals surface area contributed by atoms with Crippen molar-refractivity contribution in [2.75, 3.05) is 6.61 Å². The van der Waals surface area contributed by atoms with Gasteiger partial charge in [0.05, 0.1) is 0 Å². The molecule has 0 spiro atoms. The number of ether oxygens (including phenoxy) is 1. The highest BCUT2D eigenvalue weighted by Crippen LogP contribution is 2.19. The average Bonchev–Trinajstić information content (AvgIpc) is 1.90. The van der Waals surface area contributed by atoms with Crippen molar-refractivity contribution in [3.05, 3.63) is 0 Å². The molecule has 4 heteroatoms. The van der Waals surface area contributed by atoms with Crippen molar-refractivity contribution in [3.8, 4) is 0 Å². The van der Waals surface area contributed by atoms with Crippen LogP contribution in [0, 0.1) is 0 Å². The van der Waals surface area contributed by atoms with Crippen molar-refractivity contribution in [1.29, 1.82) is 0 Å². The van der Waals surface area contributed by atoms with Gasteiger partial charge in [-0.2, -0.15) is 0 Å². The molecule has 1 aliphatic heterocycles. The van der Waals surface area contributed by atoms with Crippen molar-refractivity contribution in [2.45, 2.75) is 24.4 Å². The lowest BCUT2D eigenvalue weighted by atomic mass is 9.89. The minimum Gasteiger partial charge on any atom is -0.388 e. The highest BCUT2D eigenvalue weighted by atomic mass is 28.2. The predicted octanol–water partition coefficient (Wildman–Crippen LogP) is -2.08. The molecule has 0 N–H and O–H groups in total. The zero-order chi connectivity index (χ0) is 6.74. The van der Waals surface area contributed by atoms with Crippen molar-refractivity contribution < 1.29 is 4.74 Å². The summed E-state index contributed by atoms with van der Waals surface area (Å²) in [7, 11) is 2.56. The fraction of sp³-hybridized carbons (Fsp3) is 1.00. The highest BCUT2D eigenvalue weighted by molar-refractivity contribution is 6.94. The molecule has 1 fully saturated rings. The van der Waals surface area contributed by atoms with Crippen LogP contribution in [0.2, 0.25) is 0 Å². The lowest BCUT2D eigenvalue weighted by Crippen LogP contribution is -2.43. The van der Waals surface area contributed by atoms with Crippen molar-refractivity contribution in [2.24, 2.45) is 0 Å². The third kappa shape index (κ3) is 1.95. The summed E-state index contributed by atoms with van der Waals surface area (Å²) >= 11 is 0. The summed E-state index contributed by atoms with van der Waals surface area (Å²) in [6, 6.07) is 0. The van der Waals surface area contributed by atoms with E-state index in [0.717, 1.165) is 6.61 Å². The number of hydrogen-bond acceptors (Lipinski definition) is 1. The minimum atomic E-state index is 0.421. The molecule has 1 atom stereocenters. The van der Waals surface area contributed by atoms with Gasteiger partial charge in [0.15, 0.2) is 0 Å². The van der Waals surface area contributed by atoms with Crippen LogP contribution in [-0.4, -0.2) is 39.0 Å². The van der Waals surface area contributed by atoms with E-state index in [-0.39, 0.29) is 0 Å². The second-order valence-electron chi connectivity index (χ2n) is 3.11. The summed E-state index contributed by atoms with van der Waals surface area (Å²) in [5, 5.41) is 0.421. The molecule has 0 aliphatic carbocycles. The van der Waals surface area contributed by atoms with E-state index >= 15 is 0 Å². The highest BCUT2D eigenvalue weighted by Gasteiger charge is 2.25. The lowest BCUT2D eigenvalue weighted by Gasteiger charge is -2.32. The van der Waals surface area contributed by atoms with Gasteiger partial charge in [-0.25, -0.2) is 0 Å². The molecule has 1 nitrogen and oxygen atoms in total. The van der Waals surface area contributed by atoms with Crippen LogP contribution in [-0.2, 0) is 4.74 Å². The third-order valence-electron chi connectivity index (χ3n) is 2.30. The van der Waals surface area contributed by atoms with Crippen LogP contribution < -0.4 is 0 Å². The molecule has 0 aromatic heterocycles. The Labute approximate surface area is 63.6 Å². The summed E-state index contributed by atoms with van der Waals surface area (Å²) in [4.78, 5) is 0. The van der Waals surface area contributed by atoms with Gasteiger partial charge >= 0.3 is 0 Å². The second kappa shape index (κ2) is 3.03. The van der Waals surface area contributed by atoms with E-state index in [0.29, 0.717) is 5.12 Å². The summed E-state index contributed by atoms with van der Waals surface area (Å²) in [5.41, 5.74) is 0. The van der Waals surface area contributed by atoms with Crippen LogP contribution in [0.15, 0.2) is 0 Å². The van der Waals surface area contributed by atoms with E-state index < -0.39 is 0 Å². The zero-order valence-corrected chi connectivity index (χ0v) is 10.4. The lowest BCUT2D eigenvalue weighted by molar-refractivity contribution is 0.0373. The van der Waals surface area contributed by atoms with E-state index in [2.05, 4.69) is 0 Å². The summed E-state index contributed by atoms with van der Waals surface area (Å²) < 4.78 is 5.71. The monoisotopic (exact) mass is 158 g/mol. The second-order valence-corrected chi connectivity index (χ2v) is 5.64. The Bertz CT molecular complexity index is 93.0. The molecule has 0 radical (unpaired) electrons. The van der Waals surface area contributed by atoms with Crippen molar-refractivity contribution in [1.82, 2.24) is 0 Å². The fourth-order valence-corrected chi connectivity index (χ4v) is 2.39. The van der Waals surface area contributed by atoms with Crippen molar-refractivity contribution >= 4 is 27.2 Å². The van der Waals surface area contributed by atoms with Crippen LogP contribution in [0.5, 0.6) is 0 Å². The molecule has 0 saturated carbocycles. The molecule has 0 amide bonds. The molecule has 1 aliphatic rings. The Morgan fingerprint density at radius 1 is 1.44 bits per heavy atom. The number of hydrogen-bond donors (Lipinski definition) is 0. The molecule has 1 heterocycles. The van der Waals surface area contributed by atoms with Gasteiger partial charge in [0, 0.05) is 22.0 Å². The third-order valence-corrected chi connectivity index (χ3v) is 6.70. The smallest absolute Gasteiger partial charge is 0.140 e. The SMILES string of the molecule is [SiH3]BC1([SiH3])CCCCO1. The molecular formula is C5H15BOSi2. The van der Waals surface area contributed by atoms with E-state index in [1.807, 2.05) is 0 Å². The van der Waals surface area contributed by atoms with Gasteiger partial charge < -0.3 is 4.74 Å². The van der Waals surface area contributed by atoms with Crippen LogP contribution in [0.4, 0.5) is 0 Å². The summed E-state index contributed by atoms with van der Waals surface area (Å²) in [6.07, 6.45) is 4.06. The van der Waals surface area contributed by atoms with Gasteiger partial charge in [0.25, 0.3) is 0 Å². The maximum absolute atomic E-state index is 5.71. The first kappa shape index (κ1) is 7.56. The maximum atomic E-state index is 5.71. The molecule has 52 valence electrons. The van der Waals surface area contributed by atoms with E-state index in [4.69, 9.17) is 4.74 Å². The Morgan fingerprint density at radius 3 is 2.56 bits per heavy atom. The Morgan fingerprint density at radius 2 is 2.22 bits per heavy atom. The average molecular weight is 158 g/mol. The molecule has 0 aromatic carbocycles. The molecule has 1 saturated heterocycles. The van der Waals surface area contributed by atoms with Crippen LogP contribution in [0.3, 0.4) is 0 Å². The Hall–Kier alpha value is 0.459. The molecule has 0 aromatic rings. The summed E-state index contributed by atoms with van der Waals surface area (Å²) in [5.74, 6) is 0. The fourth-order valence-electron chi connectivity index (χ4n) is 1.27. The molecule has 1 unspecified atom stereocenters.